The molecule has 21 heavy (non-hydrogen) atoms. The van der Waals surface area contributed by atoms with Crippen molar-refractivity contribution in [2.24, 2.45) is 5.41 Å². The minimum absolute atomic E-state index is 0.0121. The summed E-state index contributed by atoms with van der Waals surface area (Å²) >= 11 is 0. The van der Waals surface area contributed by atoms with Gasteiger partial charge in [0.25, 0.3) is 0 Å². The van der Waals surface area contributed by atoms with Crippen LogP contribution in [0.1, 0.15) is 44.7 Å². The lowest BCUT2D eigenvalue weighted by Gasteiger charge is -2.26. The molecule has 1 atom stereocenters. The molecule has 1 amide bonds. The Bertz CT molecular complexity index is 499. The highest BCUT2D eigenvalue weighted by atomic mass is 16.3. The zero-order valence-electron chi connectivity index (χ0n) is 13.0. The predicted molar refractivity (Wildman–Crippen MR) is 82.6 cm³/mol. The molecule has 4 nitrogen and oxygen atoms in total. The number of nitrogens with one attached hydrogen (secondary N) is 1. The summed E-state index contributed by atoms with van der Waals surface area (Å²) in [4.78, 5) is 11.8. The van der Waals surface area contributed by atoms with E-state index in [9.17, 15) is 9.90 Å². The van der Waals surface area contributed by atoms with E-state index in [1.165, 1.54) is 0 Å². The van der Waals surface area contributed by atoms with Crippen molar-refractivity contribution in [2.45, 2.75) is 46.1 Å². The first-order chi connectivity index (χ1) is 9.82. The Morgan fingerprint density at radius 1 is 1.38 bits per heavy atom. The van der Waals surface area contributed by atoms with E-state index in [2.05, 4.69) is 11.4 Å². The van der Waals surface area contributed by atoms with Gasteiger partial charge in [-0.1, -0.05) is 26.0 Å². The molecule has 1 unspecified atom stereocenters. The van der Waals surface area contributed by atoms with Crippen LogP contribution in [0.25, 0.3) is 0 Å². The topological polar surface area (TPSA) is 73.1 Å². The third-order valence-corrected chi connectivity index (χ3v) is 3.34. The number of aryl methyl sites for hydroxylation is 1. The summed E-state index contributed by atoms with van der Waals surface area (Å²) in [5, 5.41) is 21.1. The van der Waals surface area contributed by atoms with E-state index in [4.69, 9.17) is 5.26 Å². The van der Waals surface area contributed by atoms with Gasteiger partial charge >= 0.3 is 0 Å². The number of benzene rings is 1. The second-order valence-corrected chi connectivity index (χ2v) is 6.30. The maximum absolute atomic E-state index is 11.8. The Morgan fingerprint density at radius 2 is 2.00 bits per heavy atom. The molecule has 1 rings (SSSR count). The Labute approximate surface area is 126 Å². The number of aliphatic hydroxyl groups excluding tert-OH is 1. The van der Waals surface area contributed by atoms with Crippen LogP contribution in [0.2, 0.25) is 0 Å². The first kappa shape index (κ1) is 17.2. The summed E-state index contributed by atoms with van der Waals surface area (Å²) in [7, 11) is 0. The van der Waals surface area contributed by atoms with Crippen LogP contribution < -0.4 is 5.32 Å². The molecular formula is C17H24N2O2. The number of nitriles is 1. The third kappa shape index (κ3) is 6.92. The van der Waals surface area contributed by atoms with Gasteiger partial charge in [0.05, 0.1) is 17.7 Å². The zero-order chi connectivity index (χ0) is 15.9. The average Bonchev–Trinajstić information content (AvgIpc) is 2.42. The molecule has 0 aliphatic heterocycles. The number of rotatable bonds is 7. The highest BCUT2D eigenvalue weighted by Crippen LogP contribution is 2.21. The summed E-state index contributed by atoms with van der Waals surface area (Å²) in [5.41, 5.74) is 1.56. The molecule has 1 aromatic carbocycles. The highest BCUT2D eigenvalue weighted by Gasteiger charge is 2.20. The number of hydrogen-bond donors (Lipinski definition) is 2. The Kier molecular flexibility index (Phi) is 6.39. The zero-order valence-corrected chi connectivity index (χ0v) is 13.0. The minimum atomic E-state index is -0.365. The van der Waals surface area contributed by atoms with Gasteiger partial charge < -0.3 is 10.4 Å². The van der Waals surface area contributed by atoms with E-state index in [-0.39, 0.29) is 17.4 Å². The standard InChI is InChI=1S/C17H24N2O2/c1-13(20)10-17(2,3)12-19-16(21)9-8-14-4-6-15(11-18)7-5-14/h4-7,13,20H,8-10,12H2,1-3H3,(H,19,21). The monoisotopic (exact) mass is 288 g/mol. The molecule has 0 radical (unpaired) electrons. The van der Waals surface area contributed by atoms with Gasteiger partial charge in [-0.25, -0.2) is 0 Å². The quantitative estimate of drug-likeness (QED) is 0.809. The van der Waals surface area contributed by atoms with Gasteiger partial charge in [0.15, 0.2) is 0 Å². The summed E-state index contributed by atoms with van der Waals surface area (Å²) in [5.74, 6) is 0.0121. The number of hydrogen-bond acceptors (Lipinski definition) is 3. The van der Waals surface area contributed by atoms with Gasteiger partial charge in [0.2, 0.25) is 5.91 Å². The van der Waals surface area contributed by atoms with Crippen molar-refractivity contribution in [1.29, 1.82) is 5.26 Å². The van der Waals surface area contributed by atoms with Gasteiger partial charge in [-0.3, -0.25) is 4.79 Å². The van der Waals surface area contributed by atoms with Crippen LogP contribution in [-0.4, -0.2) is 23.7 Å². The van der Waals surface area contributed by atoms with Crippen molar-refractivity contribution in [2.75, 3.05) is 6.54 Å². The lowest BCUT2D eigenvalue weighted by Crippen LogP contribution is -2.35. The van der Waals surface area contributed by atoms with Crippen molar-refractivity contribution in [1.82, 2.24) is 5.32 Å². The number of carbonyl (C=O) groups is 1. The summed E-state index contributed by atoms with van der Waals surface area (Å²) in [6, 6.07) is 9.35. The normalized spacial score (nSPS) is 12.5. The van der Waals surface area contributed by atoms with Crippen molar-refractivity contribution in [3.63, 3.8) is 0 Å². The van der Waals surface area contributed by atoms with E-state index in [1.54, 1.807) is 19.1 Å². The molecule has 0 aliphatic carbocycles. The van der Waals surface area contributed by atoms with E-state index in [0.717, 1.165) is 5.56 Å². The third-order valence-electron chi connectivity index (χ3n) is 3.34. The largest absolute Gasteiger partial charge is 0.393 e. The molecule has 114 valence electrons. The number of amides is 1. The Balaban J connectivity index is 2.35. The second-order valence-electron chi connectivity index (χ2n) is 6.30. The molecule has 0 spiro atoms. The van der Waals surface area contributed by atoms with Gasteiger partial charge in [0.1, 0.15) is 0 Å². The fraction of sp³-hybridized carbons (Fsp3) is 0.529. The van der Waals surface area contributed by atoms with Crippen LogP contribution in [0.15, 0.2) is 24.3 Å². The average molecular weight is 288 g/mol. The van der Waals surface area contributed by atoms with Crippen LogP contribution in [0.3, 0.4) is 0 Å². The highest BCUT2D eigenvalue weighted by molar-refractivity contribution is 5.76. The molecule has 4 heteroatoms. The van der Waals surface area contributed by atoms with Gasteiger partial charge in [-0.05, 0) is 42.9 Å². The first-order valence-corrected chi connectivity index (χ1v) is 7.26. The Hall–Kier alpha value is -1.86. The van der Waals surface area contributed by atoms with Crippen LogP contribution in [-0.2, 0) is 11.2 Å². The number of nitrogens with zero attached hydrogens (tertiary/aromatic N) is 1. The van der Waals surface area contributed by atoms with Crippen LogP contribution in [0.5, 0.6) is 0 Å². The molecule has 0 aromatic heterocycles. The smallest absolute Gasteiger partial charge is 0.220 e. The van der Waals surface area contributed by atoms with Crippen molar-refractivity contribution < 1.29 is 9.90 Å². The Morgan fingerprint density at radius 3 is 2.52 bits per heavy atom. The van der Waals surface area contributed by atoms with Crippen molar-refractivity contribution in [3.8, 4) is 6.07 Å². The van der Waals surface area contributed by atoms with Crippen molar-refractivity contribution >= 4 is 5.91 Å². The number of carbonyl (C=O) groups excluding carboxylic acids is 1. The maximum atomic E-state index is 11.8. The molecule has 1 aromatic rings. The molecule has 0 heterocycles. The van der Waals surface area contributed by atoms with Crippen LogP contribution in [0, 0.1) is 16.7 Å². The van der Waals surface area contributed by atoms with E-state index < -0.39 is 0 Å². The van der Waals surface area contributed by atoms with Gasteiger partial charge in [0, 0.05) is 13.0 Å². The first-order valence-electron chi connectivity index (χ1n) is 7.26. The molecule has 0 saturated heterocycles. The van der Waals surface area contributed by atoms with Crippen molar-refractivity contribution in [3.05, 3.63) is 35.4 Å². The van der Waals surface area contributed by atoms with E-state index in [1.807, 2.05) is 26.0 Å². The summed E-state index contributed by atoms with van der Waals surface area (Å²) in [6.07, 6.45) is 1.38. The molecule has 0 aliphatic rings. The molecule has 0 saturated carbocycles. The predicted octanol–water partition coefficient (Wildman–Crippen LogP) is 2.40. The molecule has 0 bridgehead atoms. The maximum Gasteiger partial charge on any atom is 0.220 e. The molecule has 2 N–H and O–H groups in total. The summed E-state index contributed by atoms with van der Waals surface area (Å²) < 4.78 is 0. The fourth-order valence-electron chi connectivity index (χ4n) is 2.30. The van der Waals surface area contributed by atoms with Crippen LogP contribution in [0.4, 0.5) is 0 Å². The van der Waals surface area contributed by atoms with E-state index >= 15 is 0 Å². The second kappa shape index (κ2) is 7.80. The van der Waals surface area contributed by atoms with Crippen LogP contribution >= 0.6 is 0 Å². The van der Waals surface area contributed by atoms with Gasteiger partial charge in [-0.2, -0.15) is 5.26 Å². The SMILES string of the molecule is CC(O)CC(C)(C)CNC(=O)CCc1ccc(C#N)cc1. The lowest BCUT2D eigenvalue weighted by molar-refractivity contribution is -0.121. The minimum Gasteiger partial charge on any atom is -0.393 e. The fourth-order valence-corrected chi connectivity index (χ4v) is 2.30. The van der Waals surface area contributed by atoms with Gasteiger partial charge in [-0.15, -0.1) is 0 Å². The number of aliphatic hydroxyl groups is 1. The summed E-state index contributed by atoms with van der Waals surface area (Å²) in [6.45, 7) is 6.37. The van der Waals surface area contributed by atoms with E-state index in [0.29, 0.717) is 31.4 Å². The molecule has 0 fully saturated rings. The lowest BCUT2D eigenvalue weighted by atomic mass is 9.87. The molecular weight excluding hydrogens is 264 g/mol.